The lowest BCUT2D eigenvalue weighted by molar-refractivity contribution is 0.0848. The third-order valence-electron chi connectivity index (χ3n) is 3.06. The Labute approximate surface area is 128 Å². The first-order valence-electron chi connectivity index (χ1n) is 6.75. The van der Waals surface area contributed by atoms with E-state index in [1.54, 1.807) is 6.07 Å². The molecule has 2 aromatic rings. The number of hydrogen-bond acceptors (Lipinski definition) is 6. The molecule has 1 aromatic heterocycles. The molecule has 0 fully saturated rings. The Morgan fingerprint density at radius 1 is 1.36 bits per heavy atom. The molecular weight excluding hydrogens is 306 g/mol. The highest BCUT2D eigenvalue weighted by Gasteiger charge is 2.19. The molecule has 0 N–H and O–H groups in total. The van der Waals surface area contributed by atoms with Gasteiger partial charge >= 0.3 is 0 Å². The molecular formula is C13H17N5O3S. The van der Waals surface area contributed by atoms with Crippen LogP contribution in [0.1, 0.15) is 19.3 Å². The van der Waals surface area contributed by atoms with Crippen LogP contribution in [0.25, 0.3) is 11.0 Å². The molecule has 0 radical (unpaired) electrons. The van der Waals surface area contributed by atoms with Crippen LogP contribution in [0.2, 0.25) is 0 Å². The summed E-state index contributed by atoms with van der Waals surface area (Å²) >= 11 is 0. The Morgan fingerprint density at radius 2 is 2.14 bits per heavy atom. The molecule has 0 spiro atoms. The topological polar surface area (TPSA) is 101 Å². The van der Waals surface area contributed by atoms with Crippen molar-refractivity contribution in [1.82, 2.24) is 19.5 Å². The number of aromatic nitrogens is 3. The van der Waals surface area contributed by atoms with E-state index in [9.17, 15) is 8.42 Å². The van der Waals surface area contributed by atoms with Crippen molar-refractivity contribution in [3.05, 3.63) is 18.2 Å². The number of fused-ring (bicyclic) bond motifs is 1. The van der Waals surface area contributed by atoms with Crippen LogP contribution in [-0.2, 0) is 10.0 Å². The summed E-state index contributed by atoms with van der Waals surface area (Å²) in [6, 6.07) is 6.63. The molecule has 0 atom stereocenters. The van der Waals surface area contributed by atoms with Crippen molar-refractivity contribution in [2.24, 2.45) is 0 Å². The van der Waals surface area contributed by atoms with Gasteiger partial charge in [-0.2, -0.15) is 5.26 Å². The SMILES string of the molecule is CN(C)S(=O)(=O)c1ccc2nnn(OCCCCC#N)c2c1. The summed E-state index contributed by atoms with van der Waals surface area (Å²) in [6.07, 6.45) is 1.93. The number of unbranched alkanes of at least 4 members (excludes halogenated alkanes) is 2. The van der Waals surface area contributed by atoms with Gasteiger partial charge < -0.3 is 4.84 Å². The lowest BCUT2D eigenvalue weighted by Crippen LogP contribution is -2.22. The van der Waals surface area contributed by atoms with Crippen molar-refractivity contribution in [3.63, 3.8) is 0 Å². The van der Waals surface area contributed by atoms with E-state index in [-0.39, 0.29) is 4.90 Å². The number of rotatable bonds is 7. The molecule has 0 amide bonds. The average Bonchev–Trinajstić information content (AvgIpc) is 2.89. The van der Waals surface area contributed by atoms with E-state index in [1.807, 2.05) is 0 Å². The van der Waals surface area contributed by atoms with Crippen molar-refractivity contribution in [3.8, 4) is 6.07 Å². The predicted molar refractivity (Wildman–Crippen MR) is 79.3 cm³/mol. The number of hydrogen-bond donors (Lipinski definition) is 0. The van der Waals surface area contributed by atoms with E-state index in [0.29, 0.717) is 30.5 Å². The maximum Gasteiger partial charge on any atom is 0.242 e. The van der Waals surface area contributed by atoms with Crippen LogP contribution in [0.3, 0.4) is 0 Å². The van der Waals surface area contributed by atoms with Crippen LogP contribution < -0.4 is 4.84 Å². The number of benzene rings is 1. The molecule has 0 aliphatic heterocycles. The van der Waals surface area contributed by atoms with E-state index in [4.69, 9.17) is 10.1 Å². The molecule has 8 nitrogen and oxygen atoms in total. The van der Waals surface area contributed by atoms with Crippen molar-refractivity contribution >= 4 is 21.1 Å². The highest BCUT2D eigenvalue weighted by molar-refractivity contribution is 7.89. The summed E-state index contributed by atoms with van der Waals surface area (Å²) in [5, 5.41) is 16.2. The van der Waals surface area contributed by atoms with Gasteiger partial charge in [-0.05, 0) is 36.3 Å². The minimum Gasteiger partial charge on any atom is -0.395 e. The molecule has 2 rings (SSSR count). The highest BCUT2D eigenvalue weighted by atomic mass is 32.2. The lowest BCUT2D eigenvalue weighted by Gasteiger charge is -2.11. The van der Waals surface area contributed by atoms with Gasteiger partial charge in [0.1, 0.15) is 17.6 Å². The molecule has 0 unspecified atom stereocenters. The zero-order valence-corrected chi connectivity index (χ0v) is 13.2. The zero-order chi connectivity index (χ0) is 16.2. The quantitative estimate of drug-likeness (QED) is 0.699. The van der Waals surface area contributed by atoms with Crippen LogP contribution in [-0.4, -0.2) is 48.6 Å². The molecule has 0 bridgehead atoms. The Bertz CT molecular complexity index is 792. The van der Waals surface area contributed by atoms with Gasteiger partial charge in [0.25, 0.3) is 0 Å². The Hall–Kier alpha value is -2.18. The predicted octanol–water partition coefficient (Wildman–Crippen LogP) is 0.804. The molecule has 9 heteroatoms. The van der Waals surface area contributed by atoms with Crippen molar-refractivity contribution in [2.45, 2.75) is 24.2 Å². The fourth-order valence-corrected chi connectivity index (χ4v) is 2.72. The van der Waals surface area contributed by atoms with Gasteiger partial charge in [0, 0.05) is 20.5 Å². The van der Waals surface area contributed by atoms with Crippen LogP contribution in [0.15, 0.2) is 23.1 Å². The van der Waals surface area contributed by atoms with Crippen molar-refractivity contribution in [2.75, 3.05) is 20.7 Å². The summed E-state index contributed by atoms with van der Waals surface area (Å²) in [6.45, 7) is 0.380. The zero-order valence-electron chi connectivity index (χ0n) is 12.4. The normalized spacial score (nSPS) is 11.7. The van der Waals surface area contributed by atoms with Crippen molar-refractivity contribution in [1.29, 1.82) is 5.26 Å². The van der Waals surface area contributed by atoms with Gasteiger partial charge in [0.15, 0.2) is 0 Å². The van der Waals surface area contributed by atoms with E-state index in [2.05, 4.69) is 16.4 Å². The van der Waals surface area contributed by atoms with Crippen LogP contribution >= 0.6 is 0 Å². The smallest absolute Gasteiger partial charge is 0.242 e. The molecule has 1 aromatic carbocycles. The molecule has 118 valence electrons. The maximum atomic E-state index is 12.1. The molecule has 0 aliphatic rings. The van der Waals surface area contributed by atoms with Crippen LogP contribution in [0, 0.1) is 11.3 Å². The minimum absolute atomic E-state index is 0.154. The van der Waals surface area contributed by atoms with Gasteiger partial charge in [0.2, 0.25) is 10.0 Å². The summed E-state index contributed by atoms with van der Waals surface area (Å²) in [5.41, 5.74) is 1.04. The van der Waals surface area contributed by atoms with Gasteiger partial charge in [0.05, 0.1) is 11.0 Å². The van der Waals surface area contributed by atoms with E-state index >= 15 is 0 Å². The number of nitrogens with zero attached hydrogens (tertiary/aromatic N) is 5. The molecule has 1 heterocycles. The monoisotopic (exact) mass is 323 g/mol. The first-order valence-corrected chi connectivity index (χ1v) is 8.19. The first kappa shape index (κ1) is 16.2. The maximum absolute atomic E-state index is 12.1. The summed E-state index contributed by atoms with van der Waals surface area (Å²) in [7, 11) is -0.577. The Kier molecular flexibility index (Phi) is 4.95. The summed E-state index contributed by atoms with van der Waals surface area (Å²) in [5.74, 6) is 0. The Morgan fingerprint density at radius 3 is 2.82 bits per heavy atom. The summed E-state index contributed by atoms with van der Waals surface area (Å²) in [4.78, 5) is 6.83. The van der Waals surface area contributed by atoms with Crippen LogP contribution in [0.4, 0.5) is 0 Å². The fraction of sp³-hybridized carbons (Fsp3) is 0.462. The second-order valence-electron chi connectivity index (χ2n) is 4.85. The van der Waals surface area contributed by atoms with Gasteiger partial charge in [-0.15, -0.1) is 5.10 Å². The lowest BCUT2D eigenvalue weighted by atomic mass is 10.3. The molecule has 22 heavy (non-hydrogen) atoms. The second kappa shape index (κ2) is 6.72. The van der Waals surface area contributed by atoms with Gasteiger partial charge in [-0.1, -0.05) is 4.85 Å². The van der Waals surface area contributed by atoms with Gasteiger partial charge in [-0.3, -0.25) is 0 Å². The molecule has 0 saturated heterocycles. The number of sulfonamides is 1. The molecule has 0 aliphatic carbocycles. The summed E-state index contributed by atoms with van der Waals surface area (Å²) < 4.78 is 25.4. The molecule has 0 saturated carbocycles. The van der Waals surface area contributed by atoms with E-state index in [1.165, 1.54) is 31.1 Å². The van der Waals surface area contributed by atoms with Crippen molar-refractivity contribution < 1.29 is 13.3 Å². The largest absolute Gasteiger partial charge is 0.395 e. The minimum atomic E-state index is -3.52. The van der Waals surface area contributed by atoms with E-state index in [0.717, 1.165) is 10.7 Å². The highest BCUT2D eigenvalue weighted by Crippen LogP contribution is 2.19. The third kappa shape index (κ3) is 3.35. The Balaban J connectivity index is 2.21. The van der Waals surface area contributed by atoms with Gasteiger partial charge in [-0.25, -0.2) is 12.7 Å². The average molecular weight is 323 g/mol. The van der Waals surface area contributed by atoms with Crippen LogP contribution in [0.5, 0.6) is 0 Å². The standard InChI is InChI=1S/C13H17N5O3S/c1-17(2)22(19,20)11-6-7-12-13(10-11)18(16-15-12)21-9-5-3-4-8-14/h6-7,10H,3-5,9H2,1-2H3. The van der Waals surface area contributed by atoms with E-state index < -0.39 is 10.0 Å². The third-order valence-corrected chi connectivity index (χ3v) is 4.87. The second-order valence-corrected chi connectivity index (χ2v) is 7.00. The fourth-order valence-electron chi connectivity index (χ4n) is 1.80. The first-order chi connectivity index (χ1) is 10.5. The number of nitriles is 1.